The van der Waals surface area contributed by atoms with Gasteiger partial charge in [0.25, 0.3) is 5.91 Å². The van der Waals surface area contributed by atoms with Gasteiger partial charge in [-0.2, -0.15) is 0 Å². The van der Waals surface area contributed by atoms with Gasteiger partial charge in [-0.15, -0.1) is 0 Å². The Hall–Kier alpha value is -2.72. The van der Waals surface area contributed by atoms with Crippen molar-refractivity contribution < 1.29 is 4.79 Å². The van der Waals surface area contributed by atoms with E-state index in [-0.39, 0.29) is 23.8 Å². The SMILES string of the molecule is CC(C)c1cc(C(=O)N2C[C@@H](N)[C@H](c3ccccc3)C2)c2ccccc2n1. The van der Waals surface area contributed by atoms with Crippen molar-refractivity contribution in [2.75, 3.05) is 13.1 Å². The fourth-order valence-corrected chi connectivity index (χ4v) is 3.89. The Kier molecular flexibility index (Phi) is 4.66. The quantitative estimate of drug-likeness (QED) is 0.771. The fraction of sp³-hybridized carbons (Fsp3) is 0.304. The van der Waals surface area contributed by atoms with Crippen molar-refractivity contribution in [2.24, 2.45) is 5.73 Å². The largest absolute Gasteiger partial charge is 0.336 e. The zero-order valence-electron chi connectivity index (χ0n) is 15.8. The van der Waals surface area contributed by atoms with E-state index < -0.39 is 0 Å². The van der Waals surface area contributed by atoms with Gasteiger partial charge in [-0.05, 0) is 23.6 Å². The monoisotopic (exact) mass is 359 g/mol. The number of nitrogens with two attached hydrogens (primary N) is 1. The zero-order chi connectivity index (χ0) is 19.0. The van der Waals surface area contributed by atoms with Crippen LogP contribution in [0.25, 0.3) is 10.9 Å². The minimum Gasteiger partial charge on any atom is -0.336 e. The van der Waals surface area contributed by atoms with Gasteiger partial charge in [0.05, 0.1) is 11.1 Å². The van der Waals surface area contributed by atoms with Gasteiger partial charge in [0.2, 0.25) is 0 Å². The van der Waals surface area contributed by atoms with Crippen molar-refractivity contribution in [3.8, 4) is 0 Å². The number of hydrogen-bond donors (Lipinski definition) is 1. The van der Waals surface area contributed by atoms with Crippen LogP contribution in [0.15, 0.2) is 60.7 Å². The second kappa shape index (κ2) is 7.12. The van der Waals surface area contributed by atoms with Gasteiger partial charge < -0.3 is 10.6 Å². The van der Waals surface area contributed by atoms with Gasteiger partial charge >= 0.3 is 0 Å². The van der Waals surface area contributed by atoms with Crippen LogP contribution in [0.5, 0.6) is 0 Å². The predicted octanol–water partition coefficient (Wildman–Crippen LogP) is 3.93. The molecule has 2 aromatic carbocycles. The lowest BCUT2D eigenvalue weighted by molar-refractivity contribution is 0.0791. The smallest absolute Gasteiger partial charge is 0.254 e. The second-order valence-corrected chi connectivity index (χ2v) is 7.66. The molecule has 4 rings (SSSR count). The molecule has 3 aromatic rings. The number of likely N-dealkylation sites (tertiary alicyclic amines) is 1. The Labute approximate surface area is 160 Å². The maximum absolute atomic E-state index is 13.4. The van der Waals surface area contributed by atoms with Gasteiger partial charge in [0.15, 0.2) is 0 Å². The first kappa shape index (κ1) is 17.7. The van der Waals surface area contributed by atoms with E-state index in [0.717, 1.165) is 22.2 Å². The maximum atomic E-state index is 13.4. The van der Waals surface area contributed by atoms with Crippen LogP contribution in [-0.2, 0) is 0 Å². The number of amides is 1. The van der Waals surface area contributed by atoms with Crippen LogP contribution in [-0.4, -0.2) is 34.9 Å². The van der Waals surface area contributed by atoms with Crippen molar-refractivity contribution in [1.29, 1.82) is 0 Å². The standard InChI is InChI=1S/C23H25N3O/c1-15(2)22-12-18(17-10-6-7-11-21(17)25-22)23(27)26-13-19(20(24)14-26)16-8-4-3-5-9-16/h3-12,15,19-20H,13-14,24H2,1-2H3/t19-,20+/m0/s1. The van der Waals surface area contributed by atoms with E-state index in [1.807, 2.05) is 53.4 Å². The molecule has 1 aromatic heterocycles. The second-order valence-electron chi connectivity index (χ2n) is 7.66. The summed E-state index contributed by atoms with van der Waals surface area (Å²) in [5.41, 5.74) is 10.1. The number of carbonyl (C=O) groups excluding carboxylic acids is 1. The number of aromatic nitrogens is 1. The third-order valence-electron chi connectivity index (χ3n) is 5.44. The van der Waals surface area contributed by atoms with Crippen LogP contribution in [0.4, 0.5) is 0 Å². The minimum absolute atomic E-state index is 0.0457. The zero-order valence-corrected chi connectivity index (χ0v) is 15.8. The van der Waals surface area contributed by atoms with Crippen molar-refractivity contribution in [3.63, 3.8) is 0 Å². The molecule has 2 heterocycles. The van der Waals surface area contributed by atoms with Gasteiger partial charge in [0.1, 0.15) is 0 Å². The van der Waals surface area contributed by atoms with Crippen LogP contribution in [0.1, 0.15) is 47.3 Å². The first-order chi connectivity index (χ1) is 13.0. The molecule has 1 aliphatic rings. The lowest BCUT2D eigenvalue weighted by Gasteiger charge is -2.19. The maximum Gasteiger partial charge on any atom is 0.254 e. The summed E-state index contributed by atoms with van der Waals surface area (Å²) in [6, 6.07) is 20.0. The minimum atomic E-state index is -0.0472. The van der Waals surface area contributed by atoms with E-state index in [1.54, 1.807) is 0 Å². The third kappa shape index (κ3) is 3.33. The molecular formula is C23H25N3O. The highest BCUT2D eigenvalue weighted by Gasteiger charge is 2.34. The summed E-state index contributed by atoms with van der Waals surface area (Å²) in [4.78, 5) is 20.0. The lowest BCUT2D eigenvalue weighted by Crippen LogP contribution is -2.32. The molecule has 0 bridgehead atoms. The van der Waals surface area contributed by atoms with Gasteiger partial charge in [-0.25, -0.2) is 0 Å². The molecule has 138 valence electrons. The number of fused-ring (bicyclic) bond motifs is 1. The van der Waals surface area contributed by atoms with E-state index in [4.69, 9.17) is 10.7 Å². The van der Waals surface area contributed by atoms with Crippen LogP contribution in [0.2, 0.25) is 0 Å². The van der Waals surface area contributed by atoms with E-state index in [0.29, 0.717) is 13.1 Å². The van der Waals surface area contributed by atoms with E-state index >= 15 is 0 Å². The molecule has 0 radical (unpaired) electrons. The molecule has 2 atom stereocenters. The highest BCUT2D eigenvalue weighted by molar-refractivity contribution is 6.06. The molecule has 1 aliphatic heterocycles. The molecule has 0 saturated carbocycles. The summed E-state index contributed by atoms with van der Waals surface area (Å²) < 4.78 is 0. The summed E-state index contributed by atoms with van der Waals surface area (Å²) in [6.45, 7) is 5.43. The molecular weight excluding hydrogens is 334 g/mol. The highest BCUT2D eigenvalue weighted by Crippen LogP contribution is 2.29. The van der Waals surface area contributed by atoms with Crippen LogP contribution >= 0.6 is 0 Å². The molecule has 0 aliphatic carbocycles. The summed E-state index contributed by atoms with van der Waals surface area (Å²) >= 11 is 0. The molecule has 0 unspecified atom stereocenters. The molecule has 2 N–H and O–H groups in total. The van der Waals surface area contributed by atoms with Crippen molar-refractivity contribution in [2.45, 2.75) is 31.7 Å². The summed E-state index contributed by atoms with van der Waals surface area (Å²) in [5.74, 6) is 0.483. The lowest BCUT2D eigenvalue weighted by atomic mass is 9.95. The van der Waals surface area contributed by atoms with E-state index in [1.165, 1.54) is 5.56 Å². The Morgan fingerprint density at radius 3 is 2.52 bits per heavy atom. The molecule has 4 heteroatoms. The summed E-state index contributed by atoms with van der Waals surface area (Å²) in [7, 11) is 0. The molecule has 1 amide bonds. The van der Waals surface area contributed by atoms with Gasteiger partial charge in [0, 0.05) is 36.1 Å². The first-order valence-corrected chi connectivity index (χ1v) is 9.54. The number of benzene rings is 2. The molecule has 0 spiro atoms. The Morgan fingerprint density at radius 1 is 1.07 bits per heavy atom. The summed E-state index contributed by atoms with van der Waals surface area (Å²) in [5, 5.41) is 0.906. The number of hydrogen-bond acceptors (Lipinski definition) is 3. The Morgan fingerprint density at radius 2 is 1.78 bits per heavy atom. The first-order valence-electron chi connectivity index (χ1n) is 9.54. The number of rotatable bonds is 3. The van der Waals surface area contributed by atoms with E-state index in [2.05, 4.69) is 26.0 Å². The number of para-hydroxylation sites is 1. The van der Waals surface area contributed by atoms with Crippen LogP contribution < -0.4 is 5.73 Å². The van der Waals surface area contributed by atoms with Gasteiger partial charge in [-0.1, -0.05) is 62.4 Å². The Balaban J connectivity index is 1.69. The van der Waals surface area contributed by atoms with Crippen molar-refractivity contribution >= 4 is 16.8 Å². The molecule has 1 saturated heterocycles. The number of pyridine rings is 1. The Bertz CT molecular complexity index is 968. The number of carbonyl (C=O) groups is 1. The van der Waals surface area contributed by atoms with Crippen LogP contribution in [0, 0.1) is 0 Å². The van der Waals surface area contributed by atoms with E-state index in [9.17, 15) is 4.79 Å². The summed E-state index contributed by atoms with van der Waals surface area (Å²) in [6.07, 6.45) is 0. The normalized spacial score (nSPS) is 19.8. The number of nitrogens with zero attached hydrogens (tertiary/aromatic N) is 2. The molecule has 4 nitrogen and oxygen atoms in total. The topological polar surface area (TPSA) is 59.2 Å². The molecule has 1 fully saturated rings. The van der Waals surface area contributed by atoms with Crippen molar-refractivity contribution in [1.82, 2.24) is 9.88 Å². The highest BCUT2D eigenvalue weighted by atomic mass is 16.2. The fourth-order valence-electron chi connectivity index (χ4n) is 3.89. The average molecular weight is 359 g/mol. The third-order valence-corrected chi connectivity index (χ3v) is 5.44. The molecule has 27 heavy (non-hydrogen) atoms. The van der Waals surface area contributed by atoms with Crippen molar-refractivity contribution in [3.05, 3.63) is 77.5 Å². The average Bonchev–Trinajstić information content (AvgIpc) is 3.09. The van der Waals surface area contributed by atoms with Crippen LogP contribution in [0.3, 0.4) is 0 Å². The van der Waals surface area contributed by atoms with Gasteiger partial charge in [-0.3, -0.25) is 9.78 Å². The predicted molar refractivity (Wildman–Crippen MR) is 109 cm³/mol.